The highest BCUT2D eigenvalue weighted by Gasteiger charge is 2.39. The van der Waals surface area contributed by atoms with Crippen LogP contribution >= 0.6 is 24.0 Å². The van der Waals surface area contributed by atoms with Crippen molar-refractivity contribution >= 4 is 35.6 Å². The molecule has 2 aliphatic heterocycles. The zero-order valence-corrected chi connectivity index (χ0v) is 21.4. The van der Waals surface area contributed by atoms with Crippen molar-refractivity contribution in [3.8, 4) is 0 Å². The number of nitrogens with zero attached hydrogens (tertiary/aromatic N) is 3. The summed E-state index contributed by atoms with van der Waals surface area (Å²) in [7, 11) is 1.71. The Morgan fingerprint density at radius 3 is 2.85 bits per heavy atom. The second-order valence-electron chi connectivity index (χ2n) is 9.71. The van der Waals surface area contributed by atoms with Crippen LogP contribution in [0.3, 0.4) is 0 Å². The molecule has 8 heteroatoms. The monoisotopic (exact) mass is 492 g/mol. The number of pyridine rings is 1. The number of ether oxygens (including phenoxy) is 1. The molecule has 33 heavy (non-hydrogen) atoms. The summed E-state index contributed by atoms with van der Waals surface area (Å²) < 4.78 is 5.40. The summed E-state index contributed by atoms with van der Waals surface area (Å²) in [5.74, 6) is 0.131. The van der Waals surface area contributed by atoms with Gasteiger partial charge >= 0.3 is 0 Å². The molecule has 1 fully saturated rings. The minimum Gasteiger partial charge on any atom is -0.383 e. The van der Waals surface area contributed by atoms with Crippen LogP contribution in [-0.4, -0.2) is 67.8 Å². The van der Waals surface area contributed by atoms with Crippen molar-refractivity contribution in [1.29, 1.82) is 0 Å². The lowest BCUT2D eigenvalue weighted by atomic mass is 9.88. The average Bonchev–Trinajstić information content (AvgIpc) is 3.01. The molecule has 1 aromatic carbocycles. The van der Waals surface area contributed by atoms with Gasteiger partial charge in [-0.25, -0.2) is 0 Å². The van der Waals surface area contributed by atoms with Gasteiger partial charge in [-0.2, -0.15) is 0 Å². The summed E-state index contributed by atoms with van der Waals surface area (Å²) in [6.45, 7) is 9.85. The second-order valence-corrected chi connectivity index (χ2v) is 10.1. The highest BCUT2D eigenvalue weighted by Crippen LogP contribution is 2.40. The molecule has 0 saturated carbocycles. The van der Waals surface area contributed by atoms with E-state index in [0.29, 0.717) is 32.2 Å². The minimum atomic E-state index is -0.130. The topological polar surface area (TPSA) is 57.7 Å². The van der Waals surface area contributed by atoms with E-state index in [0.717, 1.165) is 40.6 Å². The molecular weight excluding hydrogens is 459 g/mol. The lowest BCUT2D eigenvalue weighted by Crippen LogP contribution is -2.59. The molecule has 3 heterocycles. The van der Waals surface area contributed by atoms with Crippen molar-refractivity contribution in [1.82, 2.24) is 15.2 Å². The fraction of sp³-hybridized carbons (Fsp3) is 0.520. The first kappa shape index (κ1) is 25.9. The number of carbonyl (C=O) groups excluding carboxylic acids is 1. The second kappa shape index (κ2) is 10.7. The number of aromatic nitrogens is 1. The minimum absolute atomic E-state index is 0. The van der Waals surface area contributed by atoms with Gasteiger partial charge in [0.1, 0.15) is 0 Å². The van der Waals surface area contributed by atoms with Gasteiger partial charge in [0.2, 0.25) is 5.91 Å². The summed E-state index contributed by atoms with van der Waals surface area (Å²) in [5.41, 5.74) is 4.03. The predicted octanol–water partition coefficient (Wildman–Crippen LogP) is 3.68. The van der Waals surface area contributed by atoms with Gasteiger partial charge in [0.15, 0.2) is 0 Å². The third-order valence-electron chi connectivity index (χ3n) is 6.51. The van der Waals surface area contributed by atoms with E-state index in [2.05, 4.69) is 43.1 Å². The van der Waals surface area contributed by atoms with Crippen LogP contribution in [0.4, 0.5) is 5.69 Å². The highest BCUT2D eigenvalue weighted by atomic mass is 35.5. The normalized spacial score (nSPS) is 22.0. The van der Waals surface area contributed by atoms with Crippen LogP contribution in [0.15, 0.2) is 36.5 Å². The Morgan fingerprint density at radius 1 is 1.33 bits per heavy atom. The largest absolute Gasteiger partial charge is 0.383 e. The quantitative estimate of drug-likeness (QED) is 0.666. The number of hydrogen-bond donors (Lipinski definition) is 1. The Bertz CT molecular complexity index is 985. The van der Waals surface area contributed by atoms with Crippen LogP contribution in [0.2, 0.25) is 5.02 Å². The molecule has 0 unspecified atom stereocenters. The van der Waals surface area contributed by atoms with E-state index in [1.165, 1.54) is 0 Å². The number of hydrogen-bond acceptors (Lipinski definition) is 5. The number of fused-ring (bicyclic) bond motifs is 1. The van der Waals surface area contributed by atoms with Crippen LogP contribution in [0, 0.1) is 0 Å². The Hall–Kier alpha value is -1.70. The standard InChI is InChI=1S/C25H33ClN4O2.ClH/c1-17-13-29(21(11-27-17)15-32-4)14-24(31)30-16-25(2,3)22-12-28-20(10-23(22)30)9-18-6-5-7-19(26)8-18;/h5-8,10,12,17,21,27H,9,11,13-16H2,1-4H3;1H/t17-,21-;/m1./s1. The molecule has 2 atom stereocenters. The summed E-state index contributed by atoms with van der Waals surface area (Å²) in [6.07, 6.45) is 2.63. The van der Waals surface area contributed by atoms with E-state index < -0.39 is 0 Å². The van der Waals surface area contributed by atoms with Gasteiger partial charge in [0.05, 0.1) is 18.8 Å². The van der Waals surface area contributed by atoms with Crippen LogP contribution < -0.4 is 10.2 Å². The summed E-state index contributed by atoms with van der Waals surface area (Å²) in [4.78, 5) is 22.4. The summed E-state index contributed by atoms with van der Waals surface area (Å²) in [5, 5.41) is 4.21. The first-order valence-corrected chi connectivity index (χ1v) is 11.6. The number of amides is 1. The molecule has 6 nitrogen and oxygen atoms in total. The molecule has 2 aliphatic rings. The first-order valence-electron chi connectivity index (χ1n) is 11.3. The van der Waals surface area contributed by atoms with Gasteiger partial charge in [-0.15, -0.1) is 12.4 Å². The van der Waals surface area contributed by atoms with Crippen LogP contribution in [0.25, 0.3) is 0 Å². The summed E-state index contributed by atoms with van der Waals surface area (Å²) >= 11 is 6.15. The van der Waals surface area contributed by atoms with Crippen LogP contribution in [0.5, 0.6) is 0 Å². The highest BCUT2D eigenvalue weighted by molar-refractivity contribution is 6.30. The number of piperazine rings is 1. The van der Waals surface area contributed by atoms with E-state index in [4.69, 9.17) is 21.3 Å². The van der Waals surface area contributed by atoms with Gasteiger partial charge < -0.3 is 15.0 Å². The van der Waals surface area contributed by atoms with Crippen molar-refractivity contribution in [3.05, 3.63) is 58.4 Å². The molecule has 1 saturated heterocycles. The number of methoxy groups -OCH3 is 1. The SMILES string of the molecule is COC[C@H]1CN[C@H](C)CN1CC(=O)N1CC(C)(C)c2cnc(Cc3cccc(Cl)c3)cc21.Cl. The van der Waals surface area contributed by atoms with Crippen molar-refractivity contribution in [2.24, 2.45) is 0 Å². The molecule has 0 radical (unpaired) electrons. The number of nitrogens with one attached hydrogen (secondary N) is 1. The van der Waals surface area contributed by atoms with E-state index in [-0.39, 0.29) is 29.8 Å². The lowest BCUT2D eigenvalue weighted by molar-refractivity contribution is -0.121. The maximum absolute atomic E-state index is 13.5. The molecule has 0 spiro atoms. The van der Waals surface area contributed by atoms with Crippen molar-refractivity contribution < 1.29 is 9.53 Å². The molecule has 0 bridgehead atoms. The number of rotatable bonds is 6. The smallest absolute Gasteiger partial charge is 0.241 e. The molecule has 1 aromatic heterocycles. The number of carbonyl (C=O) groups is 1. The zero-order chi connectivity index (χ0) is 22.9. The maximum Gasteiger partial charge on any atom is 0.241 e. The molecule has 0 aliphatic carbocycles. The van der Waals surface area contributed by atoms with E-state index in [9.17, 15) is 4.79 Å². The van der Waals surface area contributed by atoms with Crippen molar-refractivity contribution in [2.45, 2.75) is 44.7 Å². The maximum atomic E-state index is 13.5. The van der Waals surface area contributed by atoms with Crippen molar-refractivity contribution in [2.75, 3.05) is 44.8 Å². The Morgan fingerprint density at radius 2 is 2.12 bits per heavy atom. The van der Waals surface area contributed by atoms with Gasteiger partial charge in [0.25, 0.3) is 0 Å². The van der Waals surface area contributed by atoms with Crippen LogP contribution in [-0.2, 0) is 21.4 Å². The molecule has 1 N–H and O–H groups in total. The number of benzene rings is 1. The third kappa shape index (κ3) is 5.87. The summed E-state index contributed by atoms with van der Waals surface area (Å²) in [6, 6.07) is 10.5. The van der Waals surface area contributed by atoms with Gasteiger partial charge in [-0.05, 0) is 30.7 Å². The average molecular weight is 493 g/mol. The number of anilines is 1. The Balaban J connectivity index is 0.00000306. The van der Waals surface area contributed by atoms with Crippen molar-refractivity contribution in [3.63, 3.8) is 0 Å². The van der Waals surface area contributed by atoms with Gasteiger partial charge in [0, 0.05) is 73.1 Å². The lowest BCUT2D eigenvalue weighted by Gasteiger charge is -2.39. The zero-order valence-electron chi connectivity index (χ0n) is 19.8. The fourth-order valence-electron chi connectivity index (χ4n) is 4.81. The Labute approximate surface area is 208 Å². The molecule has 180 valence electrons. The molecule has 2 aromatic rings. The van der Waals surface area contributed by atoms with E-state index in [1.54, 1.807) is 7.11 Å². The van der Waals surface area contributed by atoms with E-state index >= 15 is 0 Å². The van der Waals surface area contributed by atoms with Gasteiger partial charge in [-0.1, -0.05) is 37.6 Å². The first-order chi connectivity index (χ1) is 15.3. The fourth-order valence-corrected chi connectivity index (χ4v) is 5.03. The Kier molecular flexibility index (Phi) is 8.40. The number of halogens is 2. The third-order valence-corrected chi connectivity index (χ3v) is 6.75. The molecule has 4 rings (SSSR count). The molecule has 1 amide bonds. The molecular formula is C25H34Cl2N4O2. The van der Waals surface area contributed by atoms with E-state index in [1.807, 2.05) is 29.3 Å². The van der Waals surface area contributed by atoms with Crippen LogP contribution in [0.1, 0.15) is 37.6 Å². The van der Waals surface area contributed by atoms with Gasteiger partial charge in [-0.3, -0.25) is 14.7 Å². The predicted molar refractivity (Wildman–Crippen MR) is 136 cm³/mol.